The van der Waals surface area contributed by atoms with Crippen LogP contribution in [0.4, 0.5) is 4.39 Å². The van der Waals surface area contributed by atoms with Crippen LogP contribution in [0, 0.1) is 4.77 Å². The molecular formula is C12H16FN3O6S. The monoisotopic (exact) mass is 349 g/mol. The van der Waals surface area contributed by atoms with E-state index in [1.807, 2.05) is 0 Å². The number of alkyl halides is 1. The second kappa shape index (κ2) is 7.27. The van der Waals surface area contributed by atoms with Crippen LogP contribution in [0.2, 0.25) is 0 Å². The molecule has 1 aromatic rings. The summed E-state index contributed by atoms with van der Waals surface area (Å²) in [4.78, 5) is 24.6. The van der Waals surface area contributed by atoms with Crippen molar-refractivity contribution in [3.8, 4) is 0 Å². The number of aliphatic carboxylic acids is 1. The van der Waals surface area contributed by atoms with Gasteiger partial charge in [-0.2, -0.15) is 0 Å². The van der Waals surface area contributed by atoms with Crippen LogP contribution in [-0.4, -0.2) is 62.4 Å². The summed E-state index contributed by atoms with van der Waals surface area (Å²) in [5.74, 6) is -1.09. The molecule has 2 rings (SSSR count). The average Bonchev–Trinajstić information content (AvgIpc) is 2.77. The van der Waals surface area contributed by atoms with Gasteiger partial charge in [-0.05, 0) is 12.2 Å². The quantitative estimate of drug-likeness (QED) is 0.398. The fourth-order valence-electron chi connectivity index (χ4n) is 2.22. The van der Waals surface area contributed by atoms with E-state index in [2.05, 4.69) is 10.3 Å². The van der Waals surface area contributed by atoms with Crippen LogP contribution >= 0.6 is 12.2 Å². The summed E-state index contributed by atoms with van der Waals surface area (Å²) in [5, 5.41) is 29.8. The molecule has 0 radical (unpaired) electrons. The predicted molar refractivity (Wildman–Crippen MR) is 77.1 cm³/mol. The van der Waals surface area contributed by atoms with E-state index in [9.17, 15) is 19.1 Å². The van der Waals surface area contributed by atoms with Crippen molar-refractivity contribution in [3.63, 3.8) is 0 Å². The number of carbonyl (C=O) groups is 1. The largest absolute Gasteiger partial charge is 0.480 e. The van der Waals surface area contributed by atoms with Gasteiger partial charge in [0.15, 0.2) is 17.2 Å². The van der Waals surface area contributed by atoms with E-state index >= 15 is 0 Å². The molecule has 0 amide bonds. The normalized spacial score (nSPS) is 27.3. The third-order valence-corrected chi connectivity index (χ3v) is 3.69. The first-order chi connectivity index (χ1) is 10.8. The lowest BCUT2D eigenvalue weighted by Crippen LogP contribution is -2.31. The number of aromatic nitrogens is 2. The smallest absolute Gasteiger partial charge is 0.317 e. The Morgan fingerprint density at radius 1 is 1.57 bits per heavy atom. The summed E-state index contributed by atoms with van der Waals surface area (Å²) in [5.41, 5.74) is -0.422. The van der Waals surface area contributed by atoms with Gasteiger partial charge in [0.2, 0.25) is 0 Å². The van der Waals surface area contributed by atoms with Gasteiger partial charge in [0.05, 0.1) is 13.2 Å². The Balaban J connectivity index is 2.27. The summed E-state index contributed by atoms with van der Waals surface area (Å²) in [6.45, 7) is -0.999. The van der Waals surface area contributed by atoms with Crippen molar-refractivity contribution in [1.29, 1.82) is 0 Å². The lowest BCUT2D eigenvalue weighted by atomic mass is 10.1. The molecule has 5 N–H and O–H groups in total. The number of aliphatic hydroxyl groups is 2. The summed E-state index contributed by atoms with van der Waals surface area (Å²) in [6, 6.07) is 0. The summed E-state index contributed by atoms with van der Waals surface area (Å²) < 4.78 is 20.4. The Bertz CT molecular complexity index is 692. The van der Waals surface area contributed by atoms with Crippen molar-refractivity contribution in [2.24, 2.45) is 0 Å². The van der Waals surface area contributed by atoms with Crippen LogP contribution in [0.25, 0.3) is 0 Å². The van der Waals surface area contributed by atoms with E-state index in [1.165, 1.54) is 6.20 Å². The number of carboxylic acid groups (broad SMARTS) is 1. The molecule has 0 aliphatic carbocycles. The van der Waals surface area contributed by atoms with Crippen molar-refractivity contribution in [3.05, 3.63) is 26.9 Å². The molecule has 0 aromatic carbocycles. The molecule has 2 heterocycles. The minimum atomic E-state index is -1.84. The van der Waals surface area contributed by atoms with E-state index in [0.717, 1.165) is 4.57 Å². The lowest BCUT2D eigenvalue weighted by molar-refractivity contribution is -0.136. The molecule has 9 nitrogen and oxygen atoms in total. The van der Waals surface area contributed by atoms with Crippen LogP contribution in [0.5, 0.6) is 0 Å². The van der Waals surface area contributed by atoms with Gasteiger partial charge in [-0.1, -0.05) is 0 Å². The van der Waals surface area contributed by atoms with Gasteiger partial charge in [-0.3, -0.25) is 19.1 Å². The van der Waals surface area contributed by atoms with Crippen LogP contribution in [0.15, 0.2) is 11.0 Å². The van der Waals surface area contributed by atoms with Crippen LogP contribution in [-0.2, 0) is 16.1 Å². The Hall–Kier alpha value is -1.66. The maximum atomic E-state index is 14.1. The zero-order valence-corrected chi connectivity index (χ0v) is 12.6. The van der Waals surface area contributed by atoms with Gasteiger partial charge in [0.25, 0.3) is 5.56 Å². The Labute approximate surface area is 134 Å². The molecule has 0 saturated carbocycles. The Morgan fingerprint density at radius 3 is 2.83 bits per heavy atom. The highest BCUT2D eigenvalue weighted by atomic mass is 32.1. The predicted octanol–water partition coefficient (Wildman–Crippen LogP) is -1.33. The summed E-state index contributed by atoms with van der Waals surface area (Å²) in [6.07, 6.45) is -4.53. The van der Waals surface area contributed by atoms with Gasteiger partial charge in [-0.25, -0.2) is 4.39 Å². The third kappa shape index (κ3) is 3.82. The molecule has 4 atom stereocenters. The van der Waals surface area contributed by atoms with Crippen LogP contribution in [0.3, 0.4) is 0 Å². The molecule has 0 bridgehead atoms. The second-order valence-corrected chi connectivity index (χ2v) is 5.39. The number of halogens is 1. The van der Waals surface area contributed by atoms with Crippen molar-refractivity contribution in [2.45, 2.75) is 31.2 Å². The molecule has 23 heavy (non-hydrogen) atoms. The standard InChI is InChI=1S/C12H16FN3O6S/c13-8-9(20)6(4-17)22-11(8)16-3-5(1-14-2-7(18)19)10(21)15-12(16)23/h3,6,8-9,11,14,17,20H,1-2,4H2,(H,18,19)(H,15,21,23)/t6-,8+,9?,11-/m1/s1. The molecule has 0 spiro atoms. The highest BCUT2D eigenvalue weighted by Gasteiger charge is 2.45. The number of hydrogen-bond acceptors (Lipinski definition) is 7. The molecule has 1 aliphatic rings. The van der Waals surface area contributed by atoms with Crippen molar-refractivity contribution < 1.29 is 29.2 Å². The van der Waals surface area contributed by atoms with Gasteiger partial charge in [0.1, 0.15) is 12.2 Å². The second-order valence-electron chi connectivity index (χ2n) is 5.00. The number of rotatable bonds is 6. The van der Waals surface area contributed by atoms with Gasteiger partial charge in [0, 0.05) is 18.3 Å². The van der Waals surface area contributed by atoms with Crippen LogP contribution < -0.4 is 10.9 Å². The maximum Gasteiger partial charge on any atom is 0.317 e. The highest BCUT2D eigenvalue weighted by Crippen LogP contribution is 2.31. The van der Waals surface area contributed by atoms with Gasteiger partial charge in [-0.15, -0.1) is 0 Å². The topological polar surface area (TPSA) is 137 Å². The van der Waals surface area contributed by atoms with Gasteiger partial charge >= 0.3 is 5.97 Å². The minimum absolute atomic E-state index is 0.0765. The number of carboxylic acids is 1. The first-order valence-electron chi connectivity index (χ1n) is 6.70. The van der Waals surface area contributed by atoms with E-state index in [4.69, 9.17) is 27.2 Å². The number of aliphatic hydroxyl groups excluding tert-OH is 2. The third-order valence-electron chi connectivity index (χ3n) is 3.38. The Kier molecular flexibility index (Phi) is 5.59. The van der Waals surface area contributed by atoms with Crippen molar-refractivity contribution in [1.82, 2.24) is 14.9 Å². The molecule has 1 aromatic heterocycles. The van der Waals surface area contributed by atoms with Gasteiger partial charge < -0.3 is 25.4 Å². The fraction of sp³-hybridized carbons (Fsp3) is 0.583. The highest BCUT2D eigenvalue weighted by molar-refractivity contribution is 7.71. The first kappa shape index (κ1) is 17.7. The van der Waals surface area contributed by atoms with E-state index < -0.39 is 42.7 Å². The molecular weight excluding hydrogens is 333 g/mol. The van der Waals surface area contributed by atoms with E-state index in [1.54, 1.807) is 0 Å². The molecule has 1 aliphatic heterocycles. The average molecular weight is 349 g/mol. The number of H-pyrrole nitrogens is 1. The zero-order chi connectivity index (χ0) is 17.1. The molecule has 1 saturated heterocycles. The number of ether oxygens (including phenoxy) is 1. The van der Waals surface area contributed by atoms with Crippen molar-refractivity contribution >= 4 is 18.2 Å². The lowest BCUT2D eigenvalue weighted by Gasteiger charge is -2.18. The molecule has 128 valence electrons. The SMILES string of the molecule is O=C(O)CNCc1cn([C@@H]2O[C@H](CO)C(O)[C@@H]2F)c(=S)[nH]c1=O. The number of aromatic amines is 1. The van der Waals surface area contributed by atoms with E-state index in [0.29, 0.717) is 0 Å². The van der Waals surface area contributed by atoms with E-state index in [-0.39, 0.29) is 23.4 Å². The van der Waals surface area contributed by atoms with Crippen molar-refractivity contribution in [2.75, 3.05) is 13.2 Å². The molecule has 1 unspecified atom stereocenters. The zero-order valence-electron chi connectivity index (χ0n) is 11.8. The number of nitrogens with zero attached hydrogens (tertiary/aromatic N) is 1. The maximum absolute atomic E-state index is 14.1. The van der Waals surface area contributed by atoms with Crippen LogP contribution in [0.1, 0.15) is 11.8 Å². The first-order valence-corrected chi connectivity index (χ1v) is 7.11. The number of hydrogen-bond donors (Lipinski definition) is 5. The Morgan fingerprint density at radius 2 is 2.26 bits per heavy atom. The molecule has 11 heteroatoms. The molecule has 1 fully saturated rings. The minimum Gasteiger partial charge on any atom is -0.480 e. The number of nitrogens with one attached hydrogen (secondary N) is 2. The summed E-state index contributed by atoms with van der Waals surface area (Å²) in [7, 11) is 0. The fourth-order valence-corrected chi connectivity index (χ4v) is 2.47. The summed E-state index contributed by atoms with van der Waals surface area (Å²) >= 11 is 4.96.